The van der Waals surface area contributed by atoms with Crippen LogP contribution in [0, 0.1) is 11.7 Å². The standard InChI is InChI=1S/C24H28FN3O3/c25-22-7-2-1-5-18(22)15-28-16-19(8-9-23(28)29)24(30)27-13-10-21(11-14-27)31-17-20-6-3-4-12-26-20/h1-7,12,19,21H,8-11,13-17H2/t19-/m0/s1. The molecule has 0 radical (unpaired) electrons. The fourth-order valence-electron chi connectivity index (χ4n) is 4.29. The summed E-state index contributed by atoms with van der Waals surface area (Å²) in [4.78, 5) is 33.2. The minimum atomic E-state index is -0.323. The lowest BCUT2D eigenvalue weighted by Crippen LogP contribution is -2.49. The van der Waals surface area contributed by atoms with E-state index in [1.54, 1.807) is 29.3 Å². The Balaban J connectivity index is 1.27. The van der Waals surface area contributed by atoms with Crippen LogP contribution in [0.2, 0.25) is 0 Å². The van der Waals surface area contributed by atoms with E-state index in [0.717, 1.165) is 18.5 Å². The molecular weight excluding hydrogens is 397 g/mol. The number of ether oxygens (including phenoxy) is 1. The summed E-state index contributed by atoms with van der Waals surface area (Å²) in [5, 5.41) is 0. The number of likely N-dealkylation sites (tertiary alicyclic amines) is 2. The number of nitrogens with zero attached hydrogens (tertiary/aromatic N) is 3. The van der Waals surface area contributed by atoms with E-state index in [0.29, 0.717) is 44.6 Å². The zero-order valence-electron chi connectivity index (χ0n) is 17.6. The molecule has 0 saturated carbocycles. The van der Waals surface area contributed by atoms with Crippen molar-refractivity contribution in [3.8, 4) is 0 Å². The Morgan fingerprint density at radius 2 is 1.87 bits per heavy atom. The van der Waals surface area contributed by atoms with Gasteiger partial charge in [-0.1, -0.05) is 24.3 Å². The van der Waals surface area contributed by atoms with Gasteiger partial charge >= 0.3 is 0 Å². The van der Waals surface area contributed by atoms with E-state index in [9.17, 15) is 14.0 Å². The lowest BCUT2D eigenvalue weighted by molar-refractivity contribution is -0.145. The molecule has 1 atom stereocenters. The van der Waals surface area contributed by atoms with Crippen LogP contribution in [0.4, 0.5) is 4.39 Å². The third-order valence-electron chi connectivity index (χ3n) is 6.12. The third-order valence-corrected chi connectivity index (χ3v) is 6.12. The number of carbonyl (C=O) groups excluding carboxylic acids is 2. The van der Waals surface area contributed by atoms with Crippen LogP contribution in [0.1, 0.15) is 36.9 Å². The van der Waals surface area contributed by atoms with Gasteiger partial charge < -0.3 is 14.5 Å². The maximum Gasteiger partial charge on any atom is 0.227 e. The van der Waals surface area contributed by atoms with Crippen molar-refractivity contribution >= 4 is 11.8 Å². The highest BCUT2D eigenvalue weighted by Gasteiger charge is 2.34. The van der Waals surface area contributed by atoms with Crippen LogP contribution in [0.5, 0.6) is 0 Å². The Kier molecular flexibility index (Phi) is 6.92. The van der Waals surface area contributed by atoms with Crippen LogP contribution in [-0.2, 0) is 27.5 Å². The minimum absolute atomic E-state index is 0.0195. The molecule has 2 aromatic rings. The number of carbonyl (C=O) groups is 2. The Morgan fingerprint density at radius 3 is 2.61 bits per heavy atom. The maximum absolute atomic E-state index is 14.0. The zero-order valence-corrected chi connectivity index (χ0v) is 17.6. The summed E-state index contributed by atoms with van der Waals surface area (Å²) in [6, 6.07) is 12.2. The van der Waals surface area contributed by atoms with Gasteiger partial charge in [-0.05, 0) is 37.5 Å². The largest absolute Gasteiger partial charge is 0.372 e. The number of piperidine rings is 2. The number of benzene rings is 1. The molecule has 0 spiro atoms. The van der Waals surface area contributed by atoms with Crippen LogP contribution in [0.25, 0.3) is 0 Å². The number of hydrogen-bond acceptors (Lipinski definition) is 4. The maximum atomic E-state index is 14.0. The smallest absolute Gasteiger partial charge is 0.227 e. The van der Waals surface area contributed by atoms with Crippen molar-refractivity contribution in [1.29, 1.82) is 0 Å². The molecule has 164 valence electrons. The molecule has 4 rings (SSSR count). The highest BCUT2D eigenvalue weighted by Crippen LogP contribution is 2.24. The number of amides is 2. The average molecular weight is 426 g/mol. The summed E-state index contributed by atoms with van der Waals surface area (Å²) in [5.41, 5.74) is 1.39. The van der Waals surface area contributed by atoms with Gasteiger partial charge in [-0.15, -0.1) is 0 Å². The number of halogens is 1. The van der Waals surface area contributed by atoms with Gasteiger partial charge in [0.25, 0.3) is 0 Å². The molecule has 0 N–H and O–H groups in total. The van der Waals surface area contributed by atoms with Crippen molar-refractivity contribution < 1.29 is 18.7 Å². The fourth-order valence-corrected chi connectivity index (χ4v) is 4.29. The highest BCUT2D eigenvalue weighted by atomic mass is 19.1. The van der Waals surface area contributed by atoms with E-state index in [2.05, 4.69) is 4.98 Å². The highest BCUT2D eigenvalue weighted by molar-refractivity contribution is 5.84. The summed E-state index contributed by atoms with van der Waals surface area (Å²) >= 11 is 0. The Morgan fingerprint density at radius 1 is 1.10 bits per heavy atom. The van der Waals surface area contributed by atoms with E-state index >= 15 is 0 Å². The normalized spacial score (nSPS) is 20.2. The molecule has 0 bridgehead atoms. The first-order chi connectivity index (χ1) is 15.1. The van der Waals surface area contributed by atoms with Crippen molar-refractivity contribution in [3.63, 3.8) is 0 Å². The van der Waals surface area contributed by atoms with Crippen molar-refractivity contribution in [2.45, 2.75) is 44.9 Å². The molecule has 2 amide bonds. The summed E-state index contributed by atoms with van der Waals surface area (Å²) in [7, 11) is 0. The van der Waals surface area contributed by atoms with E-state index in [1.165, 1.54) is 6.07 Å². The van der Waals surface area contributed by atoms with Gasteiger partial charge in [-0.3, -0.25) is 14.6 Å². The molecule has 2 aliphatic rings. The topological polar surface area (TPSA) is 62.7 Å². The molecule has 1 aromatic heterocycles. The molecule has 3 heterocycles. The molecule has 0 aliphatic carbocycles. The van der Waals surface area contributed by atoms with Gasteiger partial charge in [-0.2, -0.15) is 0 Å². The van der Waals surface area contributed by atoms with Crippen molar-refractivity contribution in [3.05, 3.63) is 65.7 Å². The van der Waals surface area contributed by atoms with E-state index < -0.39 is 0 Å². The summed E-state index contributed by atoms with van der Waals surface area (Å²) in [5.74, 6) is -0.477. The Bertz CT molecular complexity index is 900. The lowest BCUT2D eigenvalue weighted by atomic mass is 9.94. The van der Waals surface area contributed by atoms with Gasteiger partial charge in [0.2, 0.25) is 11.8 Å². The van der Waals surface area contributed by atoms with Gasteiger partial charge in [-0.25, -0.2) is 4.39 Å². The second-order valence-electron chi connectivity index (χ2n) is 8.26. The molecule has 0 unspecified atom stereocenters. The molecule has 7 heteroatoms. The summed E-state index contributed by atoms with van der Waals surface area (Å²) < 4.78 is 20.0. The van der Waals surface area contributed by atoms with Gasteiger partial charge in [0.15, 0.2) is 0 Å². The van der Waals surface area contributed by atoms with Crippen LogP contribution in [-0.4, -0.2) is 52.3 Å². The van der Waals surface area contributed by atoms with Gasteiger partial charge in [0.1, 0.15) is 5.82 Å². The first-order valence-corrected chi connectivity index (χ1v) is 10.9. The summed E-state index contributed by atoms with van der Waals surface area (Å²) in [6.45, 7) is 2.35. The minimum Gasteiger partial charge on any atom is -0.372 e. The van der Waals surface area contributed by atoms with Crippen molar-refractivity contribution in [1.82, 2.24) is 14.8 Å². The predicted octanol–water partition coefficient (Wildman–Crippen LogP) is 3.17. The van der Waals surface area contributed by atoms with Gasteiger partial charge in [0.05, 0.1) is 24.3 Å². The van der Waals surface area contributed by atoms with Gasteiger partial charge in [0, 0.05) is 44.4 Å². The zero-order chi connectivity index (χ0) is 21.6. The molecule has 2 saturated heterocycles. The van der Waals surface area contributed by atoms with Crippen LogP contribution in [0.3, 0.4) is 0 Å². The number of hydrogen-bond donors (Lipinski definition) is 0. The monoisotopic (exact) mass is 425 g/mol. The molecule has 2 aliphatic heterocycles. The fraction of sp³-hybridized carbons (Fsp3) is 0.458. The van der Waals surface area contributed by atoms with E-state index in [-0.39, 0.29) is 36.2 Å². The van der Waals surface area contributed by atoms with Crippen molar-refractivity contribution in [2.24, 2.45) is 5.92 Å². The van der Waals surface area contributed by atoms with Crippen LogP contribution in [0.15, 0.2) is 48.7 Å². The average Bonchev–Trinajstić information content (AvgIpc) is 2.81. The first kappa shape index (κ1) is 21.4. The summed E-state index contributed by atoms with van der Waals surface area (Å²) in [6.07, 6.45) is 4.35. The molecular formula is C24H28FN3O3. The van der Waals surface area contributed by atoms with Crippen molar-refractivity contribution in [2.75, 3.05) is 19.6 Å². The number of pyridine rings is 1. The lowest BCUT2D eigenvalue weighted by Gasteiger charge is -2.37. The number of rotatable bonds is 6. The number of aromatic nitrogens is 1. The Hall–Kier alpha value is -2.80. The second-order valence-corrected chi connectivity index (χ2v) is 8.26. The first-order valence-electron chi connectivity index (χ1n) is 10.9. The quantitative estimate of drug-likeness (QED) is 0.713. The third kappa shape index (κ3) is 5.47. The predicted molar refractivity (Wildman–Crippen MR) is 113 cm³/mol. The molecule has 31 heavy (non-hydrogen) atoms. The van der Waals surface area contributed by atoms with Crippen LogP contribution >= 0.6 is 0 Å². The SMILES string of the molecule is O=C1CC[C@H](C(=O)N2CCC(OCc3ccccn3)CC2)CN1Cc1ccccc1F. The molecule has 2 fully saturated rings. The van der Waals surface area contributed by atoms with E-state index in [4.69, 9.17) is 4.74 Å². The Labute approximate surface area is 182 Å². The van der Waals surface area contributed by atoms with E-state index in [1.807, 2.05) is 23.1 Å². The van der Waals surface area contributed by atoms with Crippen LogP contribution < -0.4 is 0 Å². The molecule has 1 aromatic carbocycles. The second kappa shape index (κ2) is 10.0. The molecule has 6 nitrogen and oxygen atoms in total.